The van der Waals surface area contributed by atoms with Crippen LogP contribution in [0.5, 0.6) is 0 Å². The highest BCUT2D eigenvalue weighted by molar-refractivity contribution is 7.92. The molecule has 10 nitrogen and oxygen atoms in total. The number of aliphatic hydroxyl groups is 1. The molecule has 1 unspecified atom stereocenters. The molecule has 0 fully saturated rings. The molecule has 0 spiro atoms. The van der Waals surface area contributed by atoms with E-state index >= 15 is 0 Å². The molecule has 0 aliphatic heterocycles. The van der Waals surface area contributed by atoms with E-state index in [0.29, 0.717) is 17.9 Å². The van der Waals surface area contributed by atoms with Gasteiger partial charge in [0.1, 0.15) is 11.5 Å². The molecule has 244 valence electrons. The molecule has 4 rings (SSSR count). The summed E-state index contributed by atoms with van der Waals surface area (Å²) in [7, 11) is -3.71. The topological polar surface area (TPSA) is 150 Å². The third-order valence-electron chi connectivity index (χ3n) is 7.66. The van der Waals surface area contributed by atoms with E-state index in [9.17, 15) is 23.1 Å². The van der Waals surface area contributed by atoms with Gasteiger partial charge in [0.25, 0.3) is 11.8 Å². The summed E-state index contributed by atoms with van der Waals surface area (Å²) in [6.07, 6.45) is -0.637. The van der Waals surface area contributed by atoms with Crippen molar-refractivity contribution in [2.75, 3.05) is 17.0 Å². The standard InChI is InChI=1S/C35H42N4O6S/c1-5-46(43,44)39-30-20-28(34(41)37-25(4)33-17-16-23(2)45-33)19-29(21-30)35(42)38-31(18-26-12-8-6-9-13-26)32(40)22-36-24(3)27-14-10-7-11-15-27/h6-17,19-21,24-25,31-32,36,39-40H,5,18,22H2,1-4H3,(H,37,41)(H,38,42)/t24-,25?,31-,32+/m0/s1. The van der Waals surface area contributed by atoms with Gasteiger partial charge in [0.2, 0.25) is 10.0 Å². The normalized spacial score (nSPS) is 14.1. The van der Waals surface area contributed by atoms with Crippen LogP contribution in [0.15, 0.2) is 95.4 Å². The Balaban J connectivity index is 1.58. The number of rotatable bonds is 15. The van der Waals surface area contributed by atoms with E-state index in [1.807, 2.05) is 67.6 Å². The Bertz CT molecular complexity index is 1710. The summed E-state index contributed by atoms with van der Waals surface area (Å²) in [6.45, 7) is 7.24. The first-order chi connectivity index (χ1) is 21.9. The second-order valence-corrected chi connectivity index (χ2v) is 13.3. The monoisotopic (exact) mass is 646 g/mol. The van der Waals surface area contributed by atoms with Crippen molar-refractivity contribution in [3.05, 3.63) is 125 Å². The maximum Gasteiger partial charge on any atom is 0.251 e. The molecule has 3 aromatic carbocycles. The van der Waals surface area contributed by atoms with E-state index in [2.05, 4.69) is 20.7 Å². The minimum absolute atomic E-state index is 0.0410. The summed E-state index contributed by atoms with van der Waals surface area (Å²) in [5, 5.41) is 20.4. The average molecular weight is 647 g/mol. The van der Waals surface area contributed by atoms with E-state index in [0.717, 1.165) is 11.1 Å². The van der Waals surface area contributed by atoms with Crippen LogP contribution in [0, 0.1) is 6.92 Å². The fraction of sp³-hybridized carbons (Fsp3) is 0.314. The molecule has 1 heterocycles. The molecule has 4 atom stereocenters. The minimum Gasteiger partial charge on any atom is -0.464 e. The van der Waals surface area contributed by atoms with Gasteiger partial charge in [-0.2, -0.15) is 0 Å². The number of hydrogen-bond donors (Lipinski definition) is 5. The van der Waals surface area contributed by atoms with E-state index in [1.165, 1.54) is 25.1 Å². The minimum atomic E-state index is -3.71. The Morgan fingerprint density at radius 3 is 2.02 bits per heavy atom. The predicted molar refractivity (Wildman–Crippen MR) is 179 cm³/mol. The van der Waals surface area contributed by atoms with Gasteiger partial charge in [0.05, 0.1) is 29.6 Å². The lowest BCUT2D eigenvalue weighted by atomic mass is 9.99. The van der Waals surface area contributed by atoms with Crippen molar-refractivity contribution in [3.63, 3.8) is 0 Å². The molecule has 1 aromatic heterocycles. The Kier molecular flexibility index (Phi) is 11.8. The van der Waals surface area contributed by atoms with E-state index < -0.39 is 40.0 Å². The number of sulfonamides is 1. The number of hydrogen-bond acceptors (Lipinski definition) is 7. The lowest BCUT2D eigenvalue weighted by Gasteiger charge is -2.26. The van der Waals surface area contributed by atoms with Crippen molar-refractivity contribution in [2.24, 2.45) is 0 Å². The number of carbonyl (C=O) groups is 2. The summed E-state index contributed by atoms with van der Waals surface area (Å²) in [5.41, 5.74) is 2.18. The van der Waals surface area contributed by atoms with E-state index in [-0.39, 0.29) is 35.2 Å². The Morgan fingerprint density at radius 1 is 0.826 bits per heavy atom. The lowest BCUT2D eigenvalue weighted by Crippen LogP contribution is -2.49. The zero-order chi connectivity index (χ0) is 33.3. The van der Waals surface area contributed by atoms with Gasteiger partial charge < -0.3 is 25.5 Å². The molecule has 5 N–H and O–H groups in total. The van der Waals surface area contributed by atoms with Crippen molar-refractivity contribution in [1.82, 2.24) is 16.0 Å². The van der Waals surface area contributed by atoms with Crippen molar-refractivity contribution >= 4 is 27.5 Å². The smallest absolute Gasteiger partial charge is 0.251 e. The zero-order valence-corrected chi connectivity index (χ0v) is 27.3. The number of carbonyl (C=O) groups excluding carboxylic acids is 2. The van der Waals surface area contributed by atoms with Crippen molar-refractivity contribution in [1.29, 1.82) is 0 Å². The second kappa shape index (κ2) is 15.7. The molecular weight excluding hydrogens is 604 g/mol. The summed E-state index contributed by atoms with van der Waals surface area (Å²) in [6, 6.07) is 25.8. The summed E-state index contributed by atoms with van der Waals surface area (Å²) >= 11 is 0. The van der Waals surface area contributed by atoms with Crippen LogP contribution in [0.2, 0.25) is 0 Å². The third-order valence-corrected chi connectivity index (χ3v) is 8.97. The van der Waals surface area contributed by atoms with Gasteiger partial charge in [0.15, 0.2) is 0 Å². The Hall–Kier alpha value is -4.45. The van der Waals surface area contributed by atoms with Gasteiger partial charge in [0, 0.05) is 23.7 Å². The van der Waals surface area contributed by atoms with Crippen LogP contribution in [0.3, 0.4) is 0 Å². The van der Waals surface area contributed by atoms with Crippen LogP contribution >= 0.6 is 0 Å². The van der Waals surface area contributed by atoms with Crippen LogP contribution in [-0.2, 0) is 16.4 Å². The molecule has 4 aromatic rings. The number of aryl methyl sites for hydroxylation is 1. The van der Waals surface area contributed by atoms with Gasteiger partial charge in [-0.15, -0.1) is 0 Å². The highest BCUT2D eigenvalue weighted by atomic mass is 32.2. The molecule has 0 radical (unpaired) electrons. The fourth-order valence-electron chi connectivity index (χ4n) is 4.94. The number of furan rings is 1. The van der Waals surface area contributed by atoms with Crippen LogP contribution in [0.1, 0.15) is 76.2 Å². The molecule has 0 bridgehead atoms. The Labute approximate surface area is 270 Å². The molecule has 0 saturated carbocycles. The fourth-order valence-corrected chi connectivity index (χ4v) is 5.56. The molecule has 2 amide bonds. The average Bonchev–Trinajstić information content (AvgIpc) is 3.50. The SMILES string of the molecule is CCS(=O)(=O)Nc1cc(C(=O)NC(C)c2ccc(C)o2)cc(C(=O)N[C@@H](Cc2ccccc2)[C@H](O)CN[C@@H](C)c2ccccc2)c1. The van der Waals surface area contributed by atoms with Crippen molar-refractivity contribution in [2.45, 2.75) is 58.3 Å². The van der Waals surface area contributed by atoms with E-state index in [4.69, 9.17) is 4.42 Å². The van der Waals surface area contributed by atoms with Gasteiger partial charge in [-0.05, 0) is 75.6 Å². The molecule has 11 heteroatoms. The highest BCUT2D eigenvalue weighted by Gasteiger charge is 2.25. The number of benzene rings is 3. The number of nitrogens with one attached hydrogen (secondary N) is 4. The van der Waals surface area contributed by atoms with Crippen molar-refractivity contribution in [3.8, 4) is 0 Å². The molecule has 0 aliphatic rings. The molecule has 0 saturated heterocycles. The van der Waals surface area contributed by atoms with Crippen LogP contribution in [-0.4, -0.2) is 49.8 Å². The quantitative estimate of drug-likeness (QED) is 0.123. The van der Waals surface area contributed by atoms with Gasteiger partial charge >= 0.3 is 0 Å². The molecule has 46 heavy (non-hydrogen) atoms. The number of anilines is 1. The lowest BCUT2D eigenvalue weighted by molar-refractivity contribution is 0.0825. The molecule has 0 aliphatic carbocycles. The van der Waals surface area contributed by atoms with Gasteiger partial charge in [-0.1, -0.05) is 60.7 Å². The first-order valence-electron chi connectivity index (χ1n) is 15.3. The second-order valence-electron chi connectivity index (χ2n) is 11.3. The van der Waals surface area contributed by atoms with E-state index in [1.54, 1.807) is 26.0 Å². The first-order valence-corrected chi connectivity index (χ1v) is 16.9. The summed E-state index contributed by atoms with van der Waals surface area (Å²) in [4.78, 5) is 27.1. The zero-order valence-electron chi connectivity index (χ0n) is 26.5. The number of aliphatic hydroxyl groups excluding tert-OH is 1. The number of amides is 2. The van der Waals surface area contributed by atoms with Gasteiger partial charge in [-0.25, -0.2) is 8.42 Å². The Morgan fingerprint density at radius 2 is 1.43 bits per heavy atom. The largest absolute Gasteiger partial charge is 0.464 e. The predicted octanol–water partition coefficient (Wildman–Crippen LogP) is 4.89. The third kappa shape index (κ3) is 9.77. The maximum absolute atomic E-state index is 13.8. The van der Waals surface area contributed by atoms with Crippen LogP contribution in [0.4, 0.5) is 5.69 Å². The highest BCUT2D eigenvalue weighted by Crippen LogP contribution is 2.21. The summed E-state index contributed by atoms with van der Waals surface area (Å²) < 4.78 is 32.9. The summed E-state index contributed by atoms with van der Waals surface area (Å²) in [5.74, 6) is -0.0346. The maximum atomic E-state index is 13.8. The molecular formula is C35H42N4O6S. The first kappa shape index (κ1) is 34.4. The van der Waals surface area contributed by atoms with Gasteiger partial charge in [-0.3, -0.25) is 14.3 Å². The van der Waals surface area contributed by atoms with Crippen LogP contribution < -0.4 is 20.7 Å². The van der Waals surface area contributed by atoms with Crippen LogP contribution in [0.25, 0.3) is 0 Å². The van der Waals surface area contributed by atoms with Crippen molar-refractivity contribution < 1.29 is 27.5 Å².